The summed E-state index contributed by atoms with van der Waals surface area (Å²) in [7, 11) is -1.03. The van der Waals surface area contributed by atoms with Crippen molar-refractivity contribution in [3.05, 3.63) is 59.0 Å². The monoisotopic (exact) mass is 567 g/mol. The molecule has 2 aromatic carbocycles. The van der Waals surface area contributed by atoms with Crippen molar-refractivity contribution in [2.45, 2.75) is 87.5 Å². The summed E-state index contributed by atoms with van der Waals surface area (Å²) < 4.78 is 56.7. The zero-order chi connectivity index (χ0) is 28.1. The molecule has 2 heterocycles. The molecular weight excluding hydrogens is 530 g/mol. The van der Waals surface area contributed by atoms with Crippen LogP contribution >= 0.6 is 0 Å². The summed E-state index contributed by atoms with van der Waals surface area (Å²) >= 11 is 0. The molecule has 0 saturated heterocycles. The van der Waals surface area contributed by atoms with E-state index in [1.807, 2.05) is 24.3 Å². The van der Waals surface area contributed by atoms with Crippen molar-refractivity contribution in [1.29, 1.82) is 0 Å². The number of nitrogens with zero attached hydrogens (tertiary/aromatic N) is 1. The van der Waals surface area contributed by atoms with E-state index in [1.165, 1.54) is 12.0 Å². The lowest BCUT2D eigenvalue weighted by atomic mass is 9.51. The second-order valence-electron chi connectivity index (χ2n) is 11.4. The van der Waals surface area contributed by atoms with E-state index in [9.17, 15) is 8.42 Å². The predicted molar refractivity (Wildman–Crippen MR) is 149 cm³/mol. The number of rotatable bonds is 6. The molecule has 8 nitrogen and oxygen atoms in total. The van der Waals surface area contributed by atoms with Crippen LogP contribution in [-0.2, 0) is 21.1 Å². The van der Waals surface area contributed by atoms with E-state index in [1.54, 1.807) is 34.1 Å². The van der Waals surface area contributed by atoms with Crippen LogP contribution in [0.15, 0.2) is 45.8 Å². The number of hydrogen-bond acceptors (Lipinski definition) is 8. The van der Waals surface area contributed by atoms with Crippen LogP contribution < -0.4 is 18.4 Å². The van der Waals surface area contributed by atoms with Crippen molar-refractivity contribution in [1.82, 2.24) is 5.16 Å². The van der Waals surface area contributed by atoms with Crippen molar-refractivity contribution in [2.24, 2.45) is 5.92 Å². The number of aryl methyl sites for hydroxylation is 2. The molecular formula is C31H37NO7S. The second kappa shape index (κ2) is 10.0. The molecule has 3 aromatic rings. The van der Waals surface area contributed by atoms with Gasteiger partial charge in [0.1, 0.15) is 28.5 Å². The minimum Gasteiger partial charge on any atom is -0.497 e. The van der Waals surface area contributed by atoms with Gasteiger partial charge in [0.05, 0.1) is 14.2 Å². The van der Waals surface area contributed by atoms with Gasteiger partial charge in [-0.05, 0) is 64.2 Å². The summed E-state index contributed by atoms with van der Waals surface area (Å²) in [6, 6.07) is 11.7. The zero-order valence-corrected chi connectivity index (χ0v) is 24.4. The first-order chi connectivity index (χ1) is 19.2. The Labute approximate surface area is 236 Å². The fraction of sp³-hybridized carbons (Fsp3) is 0.516. The van der Waals surface area contributed by atoms with Gasteiger partial charge in [0.15, 0.2) is 16.4 Å². The highest BCUT2D eigenvalue weighted by Gasteiger charge is 2.60. The molecule has 6 rings (SSSR count). The summed E-state index contributed by atoms with van der Waals surface area (Å²) in [5.74, 6) is 2.61. The smallest absolute Gasteiger partial charge is 0.344 e. The third-order valence-corrected chi connectivity index (χ3v) is 10.8. The van der Waals surface area contributed by atoms with E-state index < -0.39 is 15.7 Å². The Kier molecular flexibility index (Phi) is 6.76. The van der Waals surface area contributed by atoms with E-state index in [0.29, 0.717) is 5.75 Å². The largest absolute Gasteiger partial charge is 0.497 e. The van der Waals surface area contributed by atoms with E-state index in [2.05, 4.69) is 11.2 Å². The Hall–Kier alpha value is -3.20. The van der Waals surface area contributed by atoms with Gasteiger partial charge in [-0.25, -0.2) is 0 Å². The van der Waals surface area contributed by atoms with Gasteiger partial charge in [-0.1, -0.05) is 36.9 Å². The minimum absolute atomic E-state index is 0.0534. The second-order valence-corrected chi connectivity index (χ2v) is 12.9. The number of ether oxygens (including phenoxy) is 3. The van der Waals surface area contributed by atoms with Crippen LogP contribution in [0.1, 0.15) is 80.4 Å². The Morgan fingerprint density at radius 3 is 2.23 bits per heavy atom. The molecule has 214 valence electrons. The normalized spacial score (nSPS) is 23.6. The molecule has 2 saturated carbocycles. The highest BCUT2D eigenvalue weighted by Crippen LogP contribution is 2.64. The molecule has 0 bridgehead atoms. The number of benzene rings is 2. The molecule has 40 heavy (non-hydrogen) atoms. The van der Waals surface area contributed by atoms with Gasteiger partial charge in [0.2, 0.25) is 0 Å². The Balaban J connectivity index is 1.56. The molecule has 2 fully saturated rings. The Bertz CT molecular complexity index is 1500. The average Bonchev–Trinajstić information content (AvgIpc) is 3.31. The Morgan fingerprint density at radius 2 is 1.55 bits per heavy atom. The summed E-state index contributed by atoms with van der Waals surface area (Å²) in [5, 5.41) is 3.84. The lowest BCUT2D eigenvalue weighted by Gasteiger charge is -2.58. The van der Waals surface area contributed by atoms with Crippen LogP contribution in [0, 0.1) is 19.8 Å². The summed E-state index contributed by atoms with van der Waals surface area (Å²) in [5.41, 5.74) is 1.38. The number of aromatic nitrogens is 1. The van der Waals surface area contributed by atoms with Crippen LogP contribution in [0.2, 0.25) is 0 Å². The van der Waals surface area contributed by atoms with Crippen LogP contribution in [0.4, 0.5) is 0 Å². The fourth-order valence-electron chi connectivity index (χ4n) is 7.71. The molecule has 0 amide bonds. The van der Waals surface area contributed by atoms with Gasteiger partial charge in [-0.15, -0.1) is 0 Å². The standard InChI is InChI=1S/C31H37NO7S/c1-20-29(21(2)38-32-20)40(33,34)39-27-19-23(36-4)12-14-25(27)31-17-9-6-10-28(31)30(15-7-5-8-16-30)24-13-11-22(35-3)18-26(24)37-31/h11-14,18-19,28H,5-10,15-17H2,1-4H3/t28-,31-/m1/s1. The van der Waals surface area contributed by atoms with Gasteiger partial charge in [-0.3, -0.25) is 0 Å². The van der Waals surface area contributed by atoms with Crippen molar-refractivity contribution < 1.29 is 31.3 Å². The third kappa shape index (κ3) is 4.16. The third-order valence-electron chi connectivity index (χ3n) is 9.35. The molecule has 2 aliphatic carbocycles. The molecule has 1 spiro atoms. The molecule has 9 heteroatoms. The molecule has 0 N–H and O–H groups in total. The van der Waals surface area contributed by atoms with Crippen molar-refractivity contribution in [3.8, 4) is 23.0 Å². The van der Waals surface area contributed by atoms with E-state index >= 15 is 0 Å². The van der Waals surface area contributed by atoms with E-state index in [0.717, 1.165) is 68.4 Å². The predicted octanol–water partition coefficient (Wildman–Crippen LogP) is 6.76. The van der Waals surface area contributed by atoms with E-state index in [4.69, 9.17) is 22.9 Å². The molecule has 0 radical (unpaired) electrons. The van der Waals surface area contributed by atoms with Gasteiger partial charge in [0.25, 0.3) is 0 Å². The molecule has 2 atom stereocenters. The van der Waals surface area contributed by atoms with Crippen LogP contribution in [0.25, 0.3) is 0 Å². The van der Waals surface area contributed by atoms with Crippen LogP contribution in [0.5, 0.6) is 23.0 Å². The molecule has 1 aliphatic heterocycles. The summed E-state index contributed by atoms with van der Waals surface area (Å²) in [6.45, 7) is 3.16. The molecule has 1 aromatic heterocycles. The van der Waals surface area contributed by atoms with Crippen LogP contribution in [-0.4, -0.2) is 27.8 Å². The summed E-state index contributed by atoms with van der Waals surface area (Å²) in [6.07, 6.45) is 9.51. The zero-order valence-electron chi connectivity index (χ0n) is 23.6. The quantitative estimate of drug-likeness (QED) is 0.302. The SMILES string of the molecule is COc1ccc2c(c1)O[C@@]1(c3ccc(OC)cc3OS(=O)(=O)c3c(C)noc3C)CCCC[C@@H]1C21CCCCC1. The van der Waals surface area contributed by atoms with Crippen molar-refractivity contribution in [2.75, 3.05) is 14.2 Å². The van der Waals surface area contributed by atoms with Crippen molar-refractivity contribution >= 4 is 10.1 Å². The topological polar surface area (TPSA) is 97.1 Å². The first-order valence-corrected chi connectivity index (χ1v) is 15.6. The highest BCUT2D eigenvalue weighted by atomic mass is 32.2. The minimum atomic E-state index is -4.25. The average molecular weight is 568 g/mol. The number of hydrogen-bond donors (Lipinski definition) is 0. The maximum atomic E-state index is 13.7. The maximum Gasteiger partial charge on any atom is 0.344 e. The lowest BCUT2D eigenvalue weighted by molar-refractivity contribution is -0.0956. The number of methoxy groups -OCH3 is 2. The van der Waals surface area contributed by atoms with Gasteiger partial charge < -0.3 is 22.9 Å². The van der Waals surface area contributed by atoms with Gasteiger partial charge in [-0.2, -0.15) is 8.42 Å². The van der Waals surface area contributed by atoms with Crippen molar-refractivity contribution in [3.63, 3.8) is 0 Å². The lowest BCUT2D eigenvalue weighted by Crippen LogP contribution is -2.57. The van der Waals surface area contributed by atoms with Gasteiger partial charge in [0, 0.05) is 34.6 Å². The first kappa shape index (κ1) is 27.0. The highest BCUT2D eigenvalue weighted by molar-refractivity contribution is 7.87. The maximum absolute atomic E-state index is 13.7. The molecule has 0 unspecified atom stereocenters. The fourth-order valence-corrected chi connectivity index (χ4v) is 8.96. The first-order valence-electron chi connectivity index (χ1n) is 14.2. The van der Waals surface area contributed by atoms with E-state index in [-0.39, 0.29) is 33.4 Å². The van der Waals surface area contributed by atoms with Gasteiger partial charge >= 0.3 is 10.1 Å². The number of fused-ring (bicyclic) bond motifs is 4. The molecule has 3 aliphatic rings. The Morgan fingerprint density at radius 1 is 0.875 bits per heavy atom. The summed E-state index contributed by atoms with van der Waals surface area (Å²) in [4.78, 5) is -0.0534. The van der Waals surface area contributed by atoms with Crippen LogP contribution in [0.3, 0.4) is 0 Å².